The first-order chi connectivity index (χ1) is 6.63. The van der Waals surface area contributed by atoms with Crippen LogP contribution in [0.5, 0.6) is 0 Å². The second-order valence-electron chi connectivity index (χ2n) is 3.53. The van der Waals surface area contributed by atoms with E-state index in [1.807, 2.05) is 6.92 Å². The molecule has 0 amide bonds. The molecule has 0 spiro atoms. The van der Waals surface area contributed by atoms with Gasteiger partial charge >= 0.3 is 0 Å². The minimum Gasteiger partial charge on any atom is -0.384 e. The van der Waals surface area contributed by atoms with E-state index in [1.54, 1.807) is 7.11 Å². The van der Waals surface area contributed by atoms with Crippen molar-refractivity contribution in [3.8, 4) is 0 Å². The molecule has 0 aliphatic heterocycles. The van der Waals surface area contributed by atoms with E-state index in [0.717, 1.165) is 13.0 Å². The molecule has 0 heterocycles. The van der Waals surface area contributed by atoms with Gasteiger partial charge in [-0.1, -0.05) is 6.92 Å². The van der Waals surface area contributed by atoms with Crippen LogP contribution in [0.3, 0.4) is 0 Å². The van der Waals surface area contributed by atoms with Gasteiger partial charge in [0.1, 0.15) is 0 Å². The Kier molecular flexibility index (Phi) is 8.43. The number of hydrogen-bond donors (Lipinski definition) is 1. The first kappa shape index (κ1) is 14.1. The maximum absolute atomic E-state index is 11.7. The number of ether oxygens (including phenoxy) is 1. The van der Waals surface area contributed by atoms with Crippen molar-refractivity contribution < 1.29 is 8.95 Å². The lowest BCUT2D eigenvalue weighted by molar-refractivity contribution is 0.217. The summed E-state index contributed by atoms with van der Waals surface area (Å²) < 4.78 is 16.6. The summed E-state index contributed by atoms with van der Waals surface area (Å²) in [5.41, 5.74) is 0. The Morgan fingerprint density at radius 2 is 2.07 bits per heavy atom. The van der Waals surface area contributed by atoms with Gasteiger partial charge in [-0.3, -0.25) is 4.21 Å². The lowest BCUT2D eigenvalue weighted by atomic mass is 10.2. The summed E-state index contributed by atoms with van der Waals surface area (Å²) in [6.45, 7) is 7.82. The van der Waals surface area contributed by atoms with E-state index < -0.39 is 10.8 Å². The molecule has 86 valence electrons. The highest BCUT2D eigenvalue weighted by molar-refractivity contribution is 7.85. The van der Waals surface area contributed by atoms with Crippen LogP contribution >= 0.6 is 0 Å². The molecule has 3 atom stereocenters. The highest BCUT2D eigenvalue weighted by Gasteiger charge is 2.17. The van der Waals surface area contributed by atoms with Gasteiger partial charge in [0.2, 0.25) is 0 Å². The van der Waals surface area contributed by atoms with Gasteiger partial charge in [0.25, 0.3) is 0 Å². The Bertz CT molecular complexity index is 164. The molecule has 0 saturated carbocycles. The normalized spacial score (nSPS) is 17.7. The van der Waals surface area contributed by atoms with Crippen LogP contribution in [0.15, 0.2) is 0 Å². The quantitative estimate of drug-likeness (QED) is 0.668. The summed E-state index contributed by atoms with van der Waals surface area (Å²) in [7, 11) is 0.854. The molecule has 3 nitrogen and oxygen atoms in total. The van der Waals surface area contributed by atoms with Crippen LogP contribution in [0.1, 0.15) is 27.2 Å². The van der Waals surface area contributed by atoms with Crippen LogP contribution in [0.2, 0.25) is 0 Å². The molecular formula is C10H23NO2S. The third-order valence-corrected chi connectivity index (χ3v) is 4.13. The zero-order valence-corrected chi connectivity index (χ0v) is 10.5. The Morgan fingerprint density at radius 3 is 2.57 bits per heavy atom. The summed E-state index contributed by atoms with van der Waals surface area (Å²) in [4.78, 5) is 0. The Labute approximate surface area is 90.1 Å². The maximum Gasteiger partial charge on any atom is 0.0577 e. The van der Waals surface area contributed by atoms with Crippen LogP contribution in [-0.2, 0) is 15.5 Å². The van der Waals surface area contributed by atoms with E-state index in [2.05, 4.69) is 19.2 Å². The van der Waals surface area contributed by atoms with E-state index in [9.17, 15) is 4.21 Å². The van der Waals surface area contributed by atoms with Crippen molar-refractivity contribution >= 4 is 10.8 Å². The predicted molar refractivity (Wildman–Crippen MR) is 62.1 cm³/mol. The van der Waals surface area contributed by atoms with E-state index in [0.29, 0.717) is 18.4 Å². The highest BCUT2D eigenvalue weighted by atomic mass is 32.2. The lowest BCUT2D eigenvalue weighted by Gasteiger charge is -2.20. The molecule has 0 aliphatic carbocycles. The van der Waals surface area contributed by atoms with Crippen molar-refractivity contribution in [2.24, 2.45) is 0 Å². The fourth-order valence-corrected chi connectivity index (χ4v) is 2.37. The largest absolute Gasteiger partial charge is 0.384 e. The summed E-state index contributed by atoms with van der Waals surface area (Å²) in [5.74, 6) is 0.635. The smallest absolute Gasteiger partial charge is 0.0577 e. The molecular weight excluding hydrogens is 198 g/mol. The fraction of sp³-hybridized carbons (Fsp3) is 1.00. The van der Waals surface area contributed by atoms with Crippen molar-refractivity contribution in [1.29, 1.82) is 0 Å². The lowest BCUT2D eigenvalue weighted by Crippen LogP contribution is -2.39. The topological polar surface area (TPSA) is 38.3 Å². The fourth-order valence-electron chi connectivity index (χ4n) is 1.12. The van der Waals surface area contributed by atoms with E-state index >= 15 is 0 Å². The van der Waals surface area contributed by atoms with Crippen LogP contribution in [0, 0.1) is 0 Å². The minimum absolute atomic E-state index is 0.191. The third-order valence-electron chi connectivity index (χ3n) is 2.32. The van der Waals surface area contributed by atoms with Gasteiger partial charge in [0.05, 0.1) is 6.61 Å². The molecule has 0 fully saturated rings. The van der Waals surface area contributed by atoms with Crippen LogP contribution in [0.25, 0.3) is 0 Å². The van der Waals surface area contributed by atoms with Gasteiger partial charge in [-0.25, -0.2) is 0 Å². The second kappa shape index (κ2) is 8.38. The SMILES string of the molecule is CCCNC(C)C(C)S(=O)CCOC. The molecule has 4 heteroatoms. The van der Waals surface area contributed by atoms with Crippen molar-refractivity contribution in [2.45, 2.75) is 38.5 Å². The highest BCUT2D eigenvalue weighted by Crippen LogP contribution is 2.02. The molecule has 0 aromatic carbocycles. The van der Waals surface area contributed by atoms with Gasteiger partial charge in [0, 0.05) is 35.0 Å². The van der Waals surface area contributed by atoms with Crippen LogP contribution in [-0.4, -0.2) is 41.5 Å². The molecule has 14 heavy (non-hydrogen) atoms. The van der Waals surface area contributed by atoms with Crippen molar-refractivity contribution in [1.82, 2.24) is 5.32 Å². The van der Waals surface area contributed by atoms with Crippen molar-refractivity contribution in [2.75, 3.05) is 26.0 Å². The number of rotatable bonds is 8. The number of methoxy groups -OCH3 is 1. The average Bonchev–Trinajstić information content (AvgIpc) is 2.21. The van der Waals surface area contributed by atoms with E-state index in [4.69, 9.17) is 4.74 Å². The van der Waals surface area contributed by atoms with Gasteiger partial charge in [-0.2, -0.15) is 0 Å². The maximum atomic E-state index is 11.7. The molecule has 0 bridgehead atoms. The van der Waals surface area contributed by atoms with Gasteiger partial charge in [-0.05, 0) is 26.8 Å². The predicted octanol–water partition coefficient (Wildman–Crippen LogP) is 1.16. The number of nitrogens with one attached hydrogen (secondary N) is 1. The Hall–Kier alpha value is 0.0700. The number of hydrogen-bond acceptors (Lipinski definition) is 3. The first-order valence-corrected chi connectivity index (χ1v) is 6.61. The monoisotopic (exact) mass is 221 g/mol. The molecule has 0 rings (SSSR count). The Balaban J connectivity index is 3.78. The Morgan fingerprint density at radius 1 is 1.43 bits per heavy atom. The van der Waals surface area contributed by atoms with Crippen molar-refractivity contribution in [3.63, 3.8) is 0 Å². The van der Waals surface area contributed by atoms with Crippen molar-refractivity contribution in [3.05, 3.63) is 0 Å². The average molecular weight is 221 g/mol. The standard InChI is InChI=1S/C10H23NO2S/c1-5-6-11-9(2)10(3)14(12)8-7-13-4/h9-11H,5-8H2,1-4H3. The molecule has 0 aromatic rings. The minimum atomic E-state index is -0.786. The third kappa shape index (κ3) is 5.73. The van der Waals surface area contributed by atoms with Crippen LogP contribution < -0.4 is 5.32 Å². The molecule has 1 N–H and O–H groups in total. The van der Waals surface area contributed by atoms with Gasteiger partial charge < -0.3 is 10.1 Å². The zero-order valence-electron chi connectivity index (χ0n) is 9.71. The molecule has 0 aliphatic rings. The zero-order chi connectivity index (χ0) is 11.0. The molecule has 0 saturated heterocycles. The summed E-state index contributed by atoms with van der Waals surface area (Å²) >= 11 is 0. The summed E-state index contributed by atoms with van der Waals surface area (Å²) in [6, 6.07) is 0.313. The second-order valence-corrected chi connectivity index (χ2v) is 5.44. The molecule has 0 aromatic heterocycles. The summed E-state index contributed by atoms with van der Waals surface area (Å²) in [6.07, 6.45) is 1.11. The van der Waals surface area contributed by atoms with E-state index in [-0.39, 0.29) is 5.25 Å². The van der Waals surface area contributed by atoms with Gasteiger partial charge in [-0.15, -0.1) is 0 Å². The van der Waals surface area contributed by atoms with Crippen LogP contribution in [0.4, 0.5) is 0 Å². The summed E-state index contributed by atoms with van der Waals surface area (Å²) in [5, 5.41) is 3.55. The van der Waals surface area contributed by atoms with E-state index in [1.165, 1.54) is 0 Å². The molecule has 3 unspecified atom stereocenters. The van der Waals surface area contributed by atoms with Gasteiger partial charge in [0.15, 0.2) is 0 Å². The first-order valence-electron chi connectivity index (χ1n) is 5.23. The molecule has 0 radical (unpaired) electrons.